The summed E-state index contributed by atoms with van der Waals surface area (Å²) < 4.78 is 17.2. The van der Waals surface area contributed by atoms with E-state index in [0.29, 0.717) is 5.52 Å². The zero-order chi connectivity index (χ0) is 21.5. The Morgan fingerprint density at radius 1 is 1.43 bits per heavy atom. The van der Waals surface area contributed by atoms with Gasteiger partial charge in [-0.1, -0.05) is 13.3 Å². The number of aliphatic hydroxyl groups excluding tert-OH is 2. The van der Waals surface area contributed by atoms with E-state index in [1.807, 2.05) is 13.0 Å². The van der Waals surface area contributed by atoms with Crippen molar-refractivity contribution in [3.8, 4) is 6.07 Å². The number of aliphatic hydroxyl groups is 2. The molecular formula is C19H23N5O6. The van der Waals surface area contributed by atoms with Crippen molar-refractivity contribution in [1.29, 1.82) is 5.26 Å². The number of ether oxygens (including phenoxy) is 3. The van der Waals surface area contributed by atoms with Crippen LogP contribution < -0.4 is 5.73 Å². The number of aromatic nitrogens is 3. The second-order valence-corrected chi connectivity index (χ2v) is 8.11. The number of nitrogen functional groups attached to an aromatic ring is 1. The molecule has 1 saturated carbocycles. The molecule has 0 radical (unpaired) electrons. The molecule has 0 amide bonds. The third kappa shape index (κ3) is 3.23. The first kappa shape index (κ1) is 20.3. The largest absolute Gasteiger partial charge is 0.508 e. The molecular weight excluding hydrogens is 394 g/mol. The Bertz CT molecular complexity index is 999. The Kier molecular flexibility index (Phi) is 5.01. The van der Waals surface area contributed by atoms with Gasteiger partial charge in [-0.15, -0.1) is 0 Å². The van der Waals surface area contributed by atoms with Crippen LogP contribution in [0.5, 0.6) is 0 Å². The highest BCUT2D eigenvalue weighted by atomic mass is 16.7. The van der Waals surface area contributed by atoms with Crippen molar-refractivity contribution in [3.05, 3.63) is 24.2 Å². The van der Waals surface area contributed by atoms with Gasteiger partial charge in [0.2, 0.25) is 5.60 Å². The number of fused-ring (bicyclic) bond motifs is 1. The van der Waals surface area contributed by atoms with Crippen LogP contribution in [0.4, 0.5) is 10.6 Å². The van der Waals surface area contributed by atoms with Crippen molar-refractivity contribution in [2.75, 3.05) is 18.9 Å². The fourth-order valence-electron chi connectivity index (χ4n) is 3.90. The van der Waals surface area contributed by atoms with Crippen molar-refractivity contribution in [3.63, 3.8) is 0 Å². The lowest BCUT2D eigenvalue weighted by Gasteiger charge is -2.37. The quantitative estimate of drug-likeness (QED) is 0.583. The van der Waals surface area contributed by atoms with Crippen LogP contribution in [-0.4, -0.2) is 62.5 Å². The van der Waals surface area contributed by atoms with Gasteiger partial charge in [0, 0.05) is 5.41 Å². The summed E-state index contributed by atoms with van der Waals surface area (Å²) in [7, 11) is 0. The van der Waals surface area contributed by atoms with Crippen LogP contribution in [0.25, 0.3) is 5.52 Å². The monoisotopic (exact) mass is 417 g/mol. The predicted molar refractivity (Wildman–Crippen MR) is 101 cm³/mol. The fourth-order valence-corrected chi connectivity index (χ4v) is 3.90. The Hall–Kier alpha value is -2.94. The second kappa shape index (κ2) is 7.39. The number of hydrogen-bond acceptors (Lipinski definition) is 10. The molecule has 4 N–H and O–H groups in total. The van der Waals surface area contributed by atoms with Crippen molar-refractivity contribution >= 4 is 17.5 Å². The van der Waals surface area contributed by atoms with E-state index >= 15 is 0 Å². The maximum Gasteiger partial charge on any atom is 0.508 e. The van der Waals surface area contributed by atoms with E-state index in [1.54, 1.807) is 6.07 Å². The van der Waals surface area contributed by atoms with Gasteiger partial charge in [-0.25, -0.2) is 14.3 Å². The van der Waals surface area contributed by atoms with Gasteiger partial charge in [0.05, 0.1) is 5.69 Å². The van der Waals surface area contributed by atoms with Crippen LogP contribution in [0.2, 0.25) is 0 Å². The standard InChI is InChI=1S/C19H23N5O6/c1-18(5-2-6-18)9-29-17(27)28-7-12-14(25)15(26)19(8-20,30-12)13-4-3-11-16(21)22-10-23-24(11)13/h3-4,10,12,14-15,25-26H,2,5-7,9H2,1H3,(H2,21,22,23)/t12-,14-,15-,19+/m1/s1. The third-order valence-electron chi connectivity index (χ3n) is 5.95. The topological polar surface area (TPSA) is 165 Å². The summed E-state index contributed by atoms with van der Waals surface area (Å²) >= 11 is 0. The highest BCUT2D eigenvalue weighted by molar-refractivity contribution is 5.66. The van der Waals surface area contributed by atoms with Gasteiger partial charge in [0.15, 0.2) is 5.82 Å². The molecule has 1 aliphatic heterocycles. The normalized spacial score (nSPS) is 29.9. The molecule has 0 aromatic carbocycles. The number of carbonyl (C=O) groups is 1. The average Bonchev–Trinajstić information content (AvgIpc) is 3.25. The van der Waals surface area contributed by atoms with Gasteiger partial charge in [0.25, 0.3) is 0 Å². The number of nitriles is 1. The Morgan fingerprint density at radius 3 is 2.87 bits per heavy atom. The van der Waals surface area contributed by atoms with E-state index in [4.69, 9.17) is 19.9 Å². The average molecular weight is 417 g/mol. The van der Waals surface area contributed by atoms with Crippen LogP contribution in [0.3, 0.4) is 0 Å². The SMILES string of the molecule is CC1(COC(=O)OC[C@H]2O[C@@](C#N)(c3ccc4c(N)ncnn34)[C@H](O)[C@@H]2O)CCC1. The molecule has 2 aliphatic rings. The molecule has 2 aromatic rings. The molecule has 160 valence electrons. The molecule has 2 fully saturated rings. The number of hydrogen-bond donors (Lipinski definition) is 3. The molecule has 3 heterocycles. The Morgan fingerprint density at radius 2 is 2.20 bits per heavy atom. The van der Waals surface area contributed by atoms with Crippen molar-refractivity contribution in [1.82, 2.24) is 14.6 Å². The molecule has 0 spiro atoms. The zero-order valence-electron chi connectivity index (χ0n) is 16.4. The Balaban J connectivity index is 1.48. The highest BCUT2D eigenvalue weighted by Crippen LogP contribution is 2.41. The first-order chi connectivity index (χ1) is 14.3. The maximum absolute atomic E-state index is 11.9. The maximum atomic E-state index is 11.9. The summed E-state index contributed by atoms with van der Waals surface area (Å²) in [6.45, 7) is 1.89. The predicted octanol–water partition coefficient (Wildman–Crippen LogP) is 0.494. The van der Waals surface area contributed by atoms with Crippen LogP contribution >= 0.6 is 0 Å². The molecule has 4 rings (SSSR count). The van der Waals surface area contributed by atoms with Crippen molar-refractivity contribution in [2.45, 2.75) is 50.1 Å². The molecule has 0 unspecified atom stereocenters. The smallest absolute Gasteiger partial charge is 0.434 e. The summed E-state index contributed by atoms with van der Waals surface area (Å²) in [6.07, 6.45) is -0.847. The highest BCUT2D eigenvalue weighted by Gasteiger charge is 2.57. The molecule has 0 bridgehead atoms. The Labute approximate surface area is 172 Å². The summed E-state index contributed by atoms with van der Waals surface area (Å²) in [4.78, 5) is 15.8. The van der Waals surface area contributed by atoms with Crippen LogP contribution in [0, 0.1) is 16.7 Å². The van der Waals surface area contributed by atoms with Crippen molar-refractivity contribution < 1.29 is 29.2 Å². The van der Waals surface area contributed by atoms with Gasteiger partial charge in [0.1, 0.15) is 49.4 Å². The fraction of sp³-hybridized carbons (Fsp3) is 0.579. The van der Waals surface area contributed by atoms with E-state index in [9.17, 15) is 20.3 Å². The van der Waals surface area contributed by atoms with E-state index in [-0.39, 0.29) is 23.5 Å². The third-order valence-corrected chi connectivity index (χ3v) is 5.95. The molecule has 4 atom stereocenters. The van der Waals surface area contributed by atoms with Crippen LogP contribution in [0.1, 0.15) is 31.9 Å². The molecule has 2 aromatic heterocycles. The summed E-state index contributed by atoms with van der Waals surface area (Å²) in [6, 6.07) is 5.01. The second-order valence-electron chi connectivity index (χ2n) is 8.11. The minimum Gasteiger partial charge on any atom is -0.434 e. The lowest BCUT2D eigenvalue weighted by atomic mass is 9.71. The van der Waals surface area contributed by atoms with E-state index in [2.05, 4.69) is 10.1 Å². The van der Waals surface area contributed by atoms with E-state index in [1.165, 1.54) is 16.9 Å². The minimum atomic E-state index is -1.94. The van der Waals surface area contributed by atoms with Crippen LogP contribution in [-0.2, 0) is 19.8 Å². The van der Waals surface area contributed by atoms with Gasteiger partial charge < -0.3 is 30.2 Å². The summed E-state index contributed by atoms with van der Waals surface area (Å²) in [5.41, 5.74) is 4.44. The number of nitrogens with zero attached hydrogens (tertiary/aromatic N) is 4. The van der Waals surface area contributed by atoms with Gasteiger partial charge in [-0.05, 0) is 25.0 Å². The lowest BCUT2D eigenvalue weighted by molar-refractivity contribution is -0.0756. The number of carbonyl (C=O) groups excluding carboxylic acids is 1. The first-order valence-electron chi connectivity index (χ1n) is 9.63. The molecule has 30 heavy (non-hydrogen) atoms. The first-order valence-corrected chi connectivity index (χ1v) is 9.63. The lowest BCUT2D eigenvalue weighted by Crippen LogP contribution is -2.41. The van der Waals surface area contributed by atoms with Crippen LogP contribution in [0.15, 0.2) is 18.5 Å². The molecule has 11 heteroatoms. The van der Waals surface area contributed by atoms with E-state index < -0.39 is 36.7 Å². The van der Waals surface area contributed by atoms with Crippen molar-refractivity contribution in [2.24, 2.45) is 5.41 Å². The number of anilines is 1. The summed E-state index contributed by atoms with van der Waals surface area (Å²) in [5, 5.41) is 35.0. The molecule has 1 saturated heterocycles. The van der Waals surface area contributed by atoms with Gasteiger partial charge in [-0.2, -0.15) is 10.4 Å². The van der Waals surface area contributed by atoms with Gasteiger partial charge >= 0.3 is 6.16 Å². The summed E-state index contributed by atoms with van der Waals surface area (Å²) in [5.74, 6) is 0.181. The molecule has 1 aliphatic carbocycles. The van der Waals surface area contributed by atoms with E-state index in [0.717, 1.165) is 19.3 Å². The molecule has 11 nitrogen and oxygen atoms in total. The van der Waals surface area contributed by atoms with Gasteiger partial charge in [-0.3, -0.25) is 0 Å². The number of nitrogens with two attached hydrogens (primary N) is 1. The minimum absolute atomic E-state index is 0.0195. The zero-order valence-corrected chi connectivity index (χ0v) is 16.4. The number of rotatable bonds is 5.